The fraction of sp³-hybridized carbons (Fsp3) is 0.429. The van der Waals surface area contributed by atoms with Gasteiger partial charge in [-0.3, -0.25) is 4.57 Å². The Morgan fingerprint density at radius 2 is 1.56 bits per heavy atom. The molecule has 18 heavy (non-hydrogen) atoms. The van der Waals surface area contributed by atoms with E-state index in [9.17, 15) is 4.57 Å². The lowest BCUT2D eigenvalue weighted by molar-refractivity contribution is 0.226. The number of hydrogen-bond donors (Lipinski definition) is 0. The topological polar surface area (TPSA) is 35.5 Å². The molecule has 1 aromatic rings. The van der Waals surface area contributed by atoms with Crippen LogP contribution in [0.4, 0.5) is 0 Å². The van der Waals surface area contributed by atoms with Crippen LogP contribution >= 0.6 is 7.60 Å². The van der Waals surface area contributed by atoms with E-state index in [0.29, 0.717) is 18.5 Å². The lowest BCUT2D eigenvalue weighted by Gasteiger charge is -2.19. The van der Waals surface area contributed by atoms with Crippen LogP contribution in [0.15, 0.2) is 35.6 Å². The van der Waals surface area contributed by atoms with Gasteiger partial charge in [-0.05, 0) is 38.8 Å². The van der Waals surface area contributed by atoms with Gasteiger partial charge in [0.1, 0.15) is 0 Å². The molecule has 0 N–H and O–H groups in total. The number of hydrogen-bond acceptors (Lipinski definition) is 3. The molecule has 0 saturated heterocycles. The summed E-state index contributed by atoms with van der Waals surface area (Å²) in [6, 6.07) is 9.84. The summed E-state index contributed by atoms with van der Waals surface area (Å²) in [7, 11) is -3.15. The van der Waals surface area contributed by atoms with E-state index in [-0.39, 0.29) is 0 Å². The van der Waals surface area contributed by atoms with Crippen LogP contribution in [0.25, 0.3) is 5.57 Å². The summed E-state index contributed by atoms with van der Waals surface area (Å²) in [6.07, 6.45) is 0. The zero-order valence-corrected chi connectivity index (χ0v) is 12.4. The highest BCUT2D eigenvalue weighted by Gasteiger charge is 2.28. The van der Waals surface area contributed by atoms with Crippen LogP contribution in [0.2, 0.25) is 0 Å². The van der Waals surface area contributed by atoms with Crippen LogP contribution in [0.3, 0.4) is 0 Å². The summed E-state index contributed by atoms with van der Waals surface area (Å²) < 4.78 is 23.3. The van der Waals surface area contributed by atoms with Gasteiger partial charge >= 0.3 is 7.60 Å². The molecular weight excluding hydrogens is 247 g/mol. The average Bonchev–Trinajstić information content (AvgIpc) is 2.38. The molecule has 0 fully saturated rings. The van der Waals surface area contributed by atoms with Gasteiger partial charge in [-0.2, -0.15) is 0 Å². The summed E-state index contributed by atoms with van der Waals surface area (Å²) >= 11 is 0. The van der Waals surface area contributed by atoms with Crippen LogP contribution in [0, 0.1) is 0 Å². The molecule has 1 aromatic carbocycles. The maximum Gasteiger partial charge on any atom is 0.357 e. The summed E-state index contributed by atoms with van der Waals surface area (Å²) in [5.41, 5.74) is 1.98. The Balaban J connectivity index is 3.15. The Hall–Kier alpha value is -0.890. The van der Waals surface area contributed by atoms with Crippen molar-refractivity contribution >= 4 is 13.2 Å². The Kier molecular flexibility index (Phi) is 5.80. The van der Waals surface area contributed by atoms with Crippen molar-refractivity contribution in [3.8, 4) is 0 Å². The molecule has 0 aliphatic carbocycles. The molecule has 4 heteroatoms. The van der Waals surface area contributed by atoms with Crippen molar-refractivity contribution in [1.29, 1.82) is 0 Å². The second-order valence-corrected chi connectivity index (χ2v) is 6.09. The highest BCUT2D eigenvalue weighted by molar-refractivity contribution is 7.58. The molecule has 100 valence electrons. The van der Waals surface area contributed by atoms with Gasteiger partial charge in [0.25, 0.3) is 0 Å². The molecular formula is C14H21O3P. The highest BCUT2D eigenvalue weighted by Crippen LogP contribution is 2.57. The first-order chi connectivity index (χ1) is 8.55. The van der Waals surface area contributed by atoms with Crippen molar-refractivity contribution in [2.45, 2.75) is 27.7 Å². The second kappa shape index (κ2) is 6.89. The Bertz CT molecular complexity index is 441. The van der Waals surface area contributed by atoms with E-state index >= 15 is 0 Å². The van der Waals surface area contributed by atoms with Crippen molar-refractivity contribution < 1.29 is 13.6 Å². The Morgan fingerprint density at radius 3 is 2.00 bits per heavy atom. The number of rotatable bonds is 6. The molecule has 0 atom stereocenters. The third-order valence-corrected chi connectivity index (χ3v) is 5.11. The van der Waals surface area contributed by atoms with E-state index < -0.39 is 7.60 Å². The molecule has 0 aliphatic rings. The first kappa shape index (κ1) is 15.2. The molecule has 0 heterocycles. The van der Waals surface area contributed by atoms with Crippen LogP contribution in [0.5, 0.6) is 0 Å². The van der Waals surface area contributed by atoms with Gasteiger partial charge in [-0.1, -0.05) is 30.3 Å². The van der Waals surface area contributed by atoms with Gasteiger partial charge in [0.15, 0.2) is 0 Å². The van der Waals surface area contributed by atoms with E-state index in [1.165, 1.54) is 0 Å². The summed E-state index contributed by atoms with van der Waals surface area (Å²) in [5, 5.41) is 0.678. The molecule has 0 aliphatic heterocycles. The van der Waals surface area contributed by atoms with E-state index in [1.54, 1.807) is 0 Å². The van der Waals surface area contributed by atoms with Gasteiger partial charge in [0.2, 0.25) is 0 Å². The van der Waals surface area contributed by atoms with Crippen LogP contribution in [-0.4, -0.2) is 13.2 Å². The van der Waals surface area contributed by atoms with Gasteiger partial charge in [0, 0.05) is 5.31 Å². The van der Waals surface area contributed by atoms with Gasteiger partial charge < -0.3 is 9.05 Å². The predicted molar refractivity (Wildman–Crippen MR) is 75.6 cm³/mol. The number of allylic oxidation sites excluding steroid dienone is 2. The van der Waals surface area contributed by atoms with Crippen molar-refractivity contribution in [1.82, 2.24) is 0 Å². The second-order valence-electron chi connectivity index (χ2n) is 3.91. The molecule has 0 radical (unpaired) electrons. The quantitative estimate of drug-likeness (QED) is 0.701. The van der Waals surface area contributed by atoms with Gasteiger partial charge in [0.05, 0.1) is 13.2 Å². The van der Waals surface area contributed by atoms with Crippen LogP contribution in [-0.2, 0) is 13.6 Å². The fourth-order valence-corrected chi connectivity index (χ4v) is 3.35. The summed E-state index contributed by atoms with van der Waals surface area (Å²) in [4.78, 5) is 0. The minimum Gasteiger partial charge on any atom is -0.306 e. The SMILES string of the molecule is CCOP(=O)(OCC)/C(C)=C(\C)c1ccccc1. The van der Waals surface area contributed by atoms with Crippen molar-refractivity contribution in [2.75, 3.05) is 13.2 Å². The summed E-state index contributed by atoms with van der Waals surface area (Å²) in [6.45, 7) is 8.13. The molecule has 0 spiro atoms. The minimum absolute atomic E-state index is 0.372. The largest absolute Gasteiger partial charge is 0.357 e. The first-order valence-electron chi connectivity index (χ1n) is 6.17. The normalized spacial score (nSPS) is 13.3. The molecule has 1 rings (SSSR count). The van der Waals surface area contributed by atoms with Crippen LogP contribution in [0.1, 0.15) is 33.3 Å². The maximum atomic E-state index is 12.6. The van der Waals surface area contributed by atoms with E-state index in [0.717, 1.165) is 11.1 Å². The Labute approximate surface area is 109 Å². The van der Waals surface area contributed by atoms with Crippen molar-refractivity contribution in [2.24, 2.45) is 0 Å². The summed E-state index contributed by atoms with van der Waals surface area (Å²) in [5.74, 6) is 0. The lowest BCUT2D eigenvalue weighted by Crippen LogP contribution is -1.98. The average molecular weight is 268 g/mol. The van der Waals surface area contributed by atoms with Crippen LogP contribution < -0.4 is 0 Å². The molecule has 3 nitrogen and oxygen atoms in total. The molecule has 0 bridgehead atoms. The molecule has 0 unspecified atom stereocenters. The molecule has 0 saturated carbocycles. The smallest absolute Gasteiger partial charge is 0.306 e. The fourth-order valence-electron chi connectivity index (χ4n) is 1.67. The van der Waals surface area contributed by atoms with E-state index in [1.807, 2.05) is 58.0 Å². The van der Waals surface area contributed by atoms with Gasteiger partial charge in [-0.15, -0.1) is 0 Å². The third kappa shape index (κ3) is 3.55. The number of benzene rings is 1. The standard InChI is InChI=1S/C14H21O3P/c1-5-16-18(15,17-6-2)13(4)12(3)14-10-8-7-9-11-14/h7-11H,5-6H2,1-4H3/b13-12+. The van der Waals surface area contributed by atoms with E-state index in [4.69, 9.17) is 9.05 Å². The predicted octanol–water partition coefficient (Wildman–Crippen LogP) is 4.70. The highest BCUT2D eigenvalue weighted by atomic mass is 31.2. The maximum absolute atomic E-state index is 12.6. The minimum atomic E-state index is -3.15. The van der Waals surface area contributed by atoms with Crippen molar-refractivity contribution in [3.05, 3.63) is 41.2 Å². The lowest BCUT2D eigenvalue weighted by atomic mass is 10.1. The van der Waals surface area contributed by atoms with Gasteiger partial charge in [-0.25, -0.2) is 0 Å². The third-order valence-electron chi connectivity index (χ3n) is 2.76. The Morgan fingerprint density at radius 1 is 1.06 bits per heavy atom. The molecule has 0 amide bonds. The zero-order valence-electron chi connectivity index (χ0n) is 11.5. The van der Waals surface area contributed by atoms with Crippen molar-refractivity contribution in [3.63, 3.8) is 0 Å². The molecule has 0 aromatic heterocycles. The van der Waals surface area contributed by atoms with E-state index in [2.05, 4.69) is 0 Å². The monoisotopic (exact) mass is 268 g/mol. The zero-order chi connectivity index (χ0) is 13.6. The first-order valence-corrected chi connectivity index (χ1v) is 7.72.